The Kier molecular flexibility index (Phi) is 7.25. The standard InChI is InChI=1S/C19H21FN2O6/c1-3-21-16(23)8-6-14(19(26)27-4-2)22-17(24)13-10-11-9-12(20)5-7-15(11)28-18(13)25/h5,7,9-10,14H,3-4,6,8H2,1-2H3,(H,21,23)(H,22,24). The lowest BCUT2D eigenvalue weighted by Gasteiger charge is -2.17. The molecule has 2 rings (SSSR count). The molecule has 28 heavy (non-hydrogen) atoms. The second-order valence-corrected chi connectivity index (χ2v) is 5.90. The van der Waals surface area contributed by atoms with Gasteiger partial charge in [0.25, 0.3) is 5.91 Å². The van der Waals surface area contributed by atoms with Gasteiger partial charge in [-0.25, -0.2) is 14.0 Å². The van der Waals surface area contributed by atoms with E-state index in [0.717, 1.165) is 12.1 Å². The zero-order valence-electron chi connectivity index (χ0n) is 15.5. The highest BCUT2D eigenvalue weighted by molar-refractivity contribution is 5.98. The smallest absolute Gasteiger partial charge is 0.349 e. The summed E-state index contributed by atoms with van der Waals surface area (Å²) >= 11 is 0. The van der Waals surface area contributed by atoms with E-state index >= 15 is 0 Å². The van der Waals surface area contributed by atoms with Crippen molar-refractivity contribution in [2.45, 2.75) is 32.7 Å². The first kappa shape index (κ1) is 21.1. The monoisotopic (exact) mass is 392 g/mol. The van der Waals surface area contributed by atoms with Crippen molar-refractivity contribution in [2.24, 2.45) is 0 Å². The number of hydrogen-bond donors (Lipinski definition) is 2. The number of esters is 1. The average Bonchev–Trinajstić information content (AvgIpc) is 2.65. The van der Waals surface area contributed by atoms with Crippen molar-refractivity contribution < 1.29 is 27.9 Å². The molecule has 1 aromatic heterocycles. The van der Waals surface area contributed by atoms with Crippen LogP contribution >= 0.6 is 0 Å². The molecule has 8 nitrogen and oxygen atoms in total. The number of fused-ring (bicyclic) bond motifs is 1. The summed E-state index contributed by atoms with van der Waals surface area (Å²) in [7, 11) is 0. The average molecular weight is 392 g/mol. The first-order valence-corrected chi connectivity index (χ1v) is 8.83. The molecule has 0 aliphatic rings. The molecule has 2 aromatic rings. The SMILES string of the molecule is CCNC(=O)CCC(NC(=O)c1cc2cc(F)ccc2oc1=O)C(=O)OCC. The Labute approximate surface area is 160 Å². The molecular weight excluding hydrogens is 371 g/mol. The fraction of sp³-hybridized carbons (Fsp3) is 0.368. The molecule has 2 N–H and O–H groups in total. The molecule has 2 amide bonds. The number of carbonyl (C=O) groups excluding carboxylic acids is 3. The van der Waals surface area contributed by atoms with Crippen LogP contribution in [0.15, 0.2) is 33.5 Å². The zero-order valence-corrected chi connectivity index (χ0v) is 15.5. The van der Waals surface area contributed by atoms with Crippen LogP contribution in [0, 0.1) is 5.82 Å². The van der Waals surface area contributed by atoms with Gasteiger partial charge < -0.3 is 19.8 Å². The number of nitrogens with one attached hydrogen (secondary N) is 2. The number of rotatable bonds is 8. The maximum Gasteiger partial charge on any atom is 0.349 e. The largest absolute Gasteiger partial charge is 0.464 e. The third kappa shape index (κ3) is 5.38. The predicted octanol–water partition coefficient (Wildman–Crippen LogP) is 1.51. The summed E-state index contributed by atoms with van der Waals surface area (Å²) in [5, 5.41) is 5.20. The van der Waals surface area contributed by atoms with Gasteiger partial charge in [-0.3, -0.25) is 9.59 Å². The van der Waals surface area contributed by atoms with Crippen molar-refractivity contribution >= 4 is 28.8 Å². The summed E-state index contributed by atoms with van der Waals surface area (Å²) < 4.78 is 23.3. The summed E-state index contributed by atoms with van der Waals surface area (Å²) in [6.45, 7) is 3.88. The van der Waals surface area contributed by atoms with Crippen LogP contribution in [-0.2, 0) is 14.3 Å². The second-order valence-electron chi connectivity index (χ2n) is 5.90. The van der Waals surface area contributed by atoms with Crippen LogP contribution in [0.2, 0.25) is 0 Å². The molecule has 150 valence electrons. The Bertz CT molecular complexity index is 940. The summed E-state index contributed by atoms with van der Waals surface area (Å²) in [6, 6.07) is 3.58. The lowest BCUT2D eigenvalue weighted by Crippen LogP contribution is -2.43. The van der Waals surface area contributed by atoms with Gasteiger partial charge in [0.15, 0.2) is 0 Å². The first-order valence-electron chi connectivity index (χ1n) is 8.83. The number of carbonyl (C=O) groups is 3. The van der Waals surface area contributed by atoms with Crippen LogP contribution in [-0.4, -0.2) is 37.0 Å². The van der Waals surface area contributed by atoms with Crippen molar-refractivity contribution in [3.63, 3.8) is 0 Å². The molecule has 0 saturated heterocycles. The molecule has 1 unspecified atom stereocenters. The van der Waals surface area contributed by atoms with E-state index in [4.69, 9.17) is 9.15 Å². The van der Waals surface area contributed by atoms with Gasteiger partial charge in [0.2, 0.25) is 5.91 Å². The van der Waals surface area contributed by atoms with Crippen LogP contribution in [0.4, 0.5) is 4.39 Å². The maximum atomic E-state index is 13.4. The molecule has 0 fully saturated rings. The normalized spacial score (nSPS) is 11.7. The lowest BCUT2D eigenvalue weighted by molar-refractivity contribution is -0.145. The van der Waals surface area contributed by atoms with Crippen LogP contribution in [0.3, 0.4) is 0 Å². The molecule has 0 spiro atoms. The van der Waals surface area contributed by atoms with E-state index in [1.807, 2.05) is 0 Å². The number of halogens is 1. The predicted molar refractivity (Wildman–Crippen MR) is 98.2 cm³/mol. The van der Waals surface area contributed by atoms with Gasteiger partial charge in [-0.2, -0.15) is 0 Å². The highest BCUT2D eigenvalue weighted by Crippen LogP contribution is 2.15. The first-order chi connectivity index (χ1) is 13.3. The fourth-order valence-corrected chi connectivity index (χ4v) is 2.54. The lowest BCUT2D eigenvalue weighted by atomic mass is 10.1. The van der Waals surface area contributed by atoms with Gasteiger partial charge in [0.05, 0.1) is 6.61 Å². The van der Waals surface area contributed by atoms with E-state index in [9.17, 15) is 23.6 Å². The molecule has 1 aromatic carbocycles. The van der Waals surface area contributed by atoms with Crippen molar-refractivity contribution in [3.8, 4) is 0 Å². The van der Waals surface area contributed by atoms with Gasteiger partial charge in [-0.05, 0) is 44.5 Å². The van der Waals surface area contributed by atoms with Crippen molar-refractivity contribution in [3.05, 3.63) is 46.1 Å². The maximum absolute atomic E-state index is 13.4. The minimum absolute atomic E-state index is 0.00997. The second kappa shape index (κ2) is 9.63. The van der Waals surface area contributed by atoms with E-state index in [1.54, 1.807) is 13.8 Å². The summed E-state index contributed by atoms with van der Waals surface area (Å²) in [4.78, 5) is 48.3. The molecule has 0 aliphatic carbocycles. The molecule has 0 bridgehead atoms. The molecule has 0 saturated carbocycles. The Morgan fingerprint density at radius 3 is 2.64 bits per heavy atom. The highest BCUT2D eigenvalue weighted by atomic mass is 19.1. The molecule has 0 radical (unpaired) electrons. The van der Waals surface area contributed by atoms with Gasteiger partial charge >= 0.3 is 11.6 Å². The highest BCUT2D eigenvalue weighted by Gasteiger charge is 2.25. The van der Waals surface area contributed by atoms with Crippen LogP contribution in [0.1, 0.15) is 37.0 Å². The third-order valence-electron chi connectivity index (χ3n) is 3.85. The quantitative estimate of drug-likeness (QED) is 0.520. The number of benzene rings is 1. The Morgan fingerprint density at radius 1 is 1.21 bits per heavy atom. The number of ether oxygens (including phenoxy) is 1. The minimum Gasteiger partial charge on any atom is -0.464 e. The Morgan fingerprint density at radius 2 is 1.96 bits per heavy atom. The minimum atomic E-state index is -1.13. The number of hydrogen-bond acceptors (Lipinski definition) is 6. The van der Waals surface area contributed by atoms with Gasteiger partial charge in [0.1, 0.15) is 23.0 Å². The molecule has 0 aliphatic heterocycles. The fourth-order valence-electron chi connectivity index (χ4n) is 2.54. The summed E-state index contributed by atoms with van der Waals surface area (Å²) in [5.41, 5.74) is -1.19. The van der Waals surface area contributed by atoms with E-state index in [-0.39, 0.29) is 41.9 Å². The van der Waals surface area contributed by atoms with Crippen molar-refractivity contribution in [1.29, 1.82) is 0 Å². The summed E-state index contributed by atoms with van der Waals surface area (Å²) in [5.74, 6) is -2.45. The van der Waals surface area contributed by atoms with Crippen LogP contribution < -0.4 is 16.3 Å². The van der Waals surface area contributed by atoms with Crippen molar-refractivity contribution in [1.82, 2.24) is 10.6 Å². The van der Waals surface area contributed by atoms with E-state index in [0.29, 0.717) is 6.54 Å². The molecular formula is C19H21FN2O6. The van der Waals surface area contributed by atoms with Crippen molar-refractivity contribution in [2.75, 3.05) is 13.2 Å². The van der Waals surface area contributed by atoms with Gasteiger partial charge in [-0.1, -0.05) is 0 Å². The molecule has 9 heteroatoms. The van der Waals surface area contributed by atoms with Gasteiger partial charge in [-0.15, -0.1) is 0 Å². The van der Waals surface area contributed by atoms with Crippen LogP contribution in [0.25, 0.3) is 11.0 Å². The van der Waals surface area contributed by atoms with Gasteiger partial charge in [0, 0.05) is 18.4 Å². The van der Waals surface area contributed by atoms with Crippen LogP contribution in [0.5, 0.6) is 0 Å². The third-order valence-corrected chi connectivity index (χ3v) is 3.85. The molecule has 1 atom stereocenters. The Hall–Kier alpha value is -3.23. The zero-order chi connectivity index (χ0) is 20.7. The topological polar surface area (TPSA) is 115 Å². The molecule has 1 heterocycles. The van der Waals surface area contributed by atoms with E-state index in [1.165, 1.54) is 12.1 Å². The van der Waals surface area contributed by atoms with E-state index < -0.39 is 29.4 Å². The Balaban J connectivity index is 2.22. The summed E-state index contributed by atoms with van der Waals surface area (Å²) in [6.07, 6.45) is -0.0287. The van der Waals surface area contributed by atoms with E-state index in [2.05, 4.69) is 10.6 Å². The number of amides is 2.